The summed E-state index contributed by atoms with van der Waals surface area (Å²) in [4.78, 5) is 0. The average Bonchev–Trinajstić information content (AvgIpc) is 2.74. The zero-order valence-electron chi connectivity index (χ0n) is 11.8. The van der Waals surface area contributed by atoms with Crippen LogP contribution < -0.4 is 4.57 Å². The molecule has 0 bridgehead atoms. The molecule has 21 heavy (non-hydrogen) atoms. The summed E-state index contributed by atoms with van der Waals surface area (Å²) in [7, 11) is 3.61. The van der Waals surface area contributed by atoms with Crippen molar-refractivity contribution < 1.29 is 29.7 Å². The first kappa shape index (κ1) is 14.4. The van der Waals surface area contributed by atoms with E-state index in [1.54, 1.807) is 24.0 Å². The molecular weight excluding hydrogens is 276 g/mol. The number of hydrogen-bond donors (Lipinski definition) is 4. The number of nitrogens with zero attached hydrogens (tertiary/aromatic N) is 2. The number of ether oxygens (including phenoxy) is 1. The van der Waals surface area contributed by atoms with Crippen LogP contribution in [0.3, 0.4) is 0 Å². The van der Waals surface area contributed by atoms with Gasteiger partial charge in [-0.25, -0.2) is 4.57 Å². The summed E-state index contributed by atoms with van der Waals surface area (Å²) in [6.07, 6.45) is -1.30. The van der Waals surface area contributed by atoms with Crippen LogP contribution in [-0.4, -0.2) is 43.8 Å². The molecule has 114 valence electrons. The number of aliphatic hydroxyl groups is 4. The predicted molar refractivity (Wildman–Crippen MR) is 72.0 cm³/mol. The zero-order valence-corrected chi connectivity index (χ0v) is 11.8. The summed E-state index contributed by atoms with van der Waals surface area (Å²) in [5, 5.41) is 40.5. The topological polar surface area (TPSA) is 99.0 Å². The molecular formula is C14H19N2O5+. The molecule has 0 spiro atoms. The smallest absolute Gasteiger partial charge is 0.247 e. The SMILES string of the molecule is Cn1cc2c3c([n+](C)ccc31)[C@H](O)O[C@H]([C@@H](O)CO)[C@H]2O. The van der Waals surface area contributed by atoms with E-state index in [0.717, 1.165) is 5.52 Å². The van der Waals surface area contributed by atoms with Gasteiger partial charge in [0, 0.05) is 24.9 Å². The third kappa shape index (κ3) is 2.05. The summed E-state index contributed by atoms with van der Waals surface area (Å²) >= 11 is 0. The Morgan fingerprint density at radius 2 is 2.14 bits per heavy atom. The minimum Gasteiger partial charge on any atom is -0.394 e. The highest BCUT2D eigenvalue weighted by molar-refractivity contribution is 5.86. The Labute approximate surface area is 121 Å². The standard InChI is InChI=1S/C14H19N2O5/c1-15-4-3-8-10-7(5-16(8)2)12(19)13(9(18)6-17)21-14(20)11(10)15/h3-5,9,12-14,17-20H,6H2,1-2H3/q+1/t9-,12-,13+,14+/m0/s1. The molecule has 0 saturated carbocycles. The van der Waals surface area contributed by atoms with E-state index in [1.807, 2.05) is 17.7 Å². The van der Waals surface area contributed by atoms with Gasteiger partial charge in [0.05, 0.1) is 17.5 Å². The molecule has 0 unspecified atom stereocenters. The summed E-state index contributed by atoms with van der Waals surface area (Å²) in [5.74, 6) is 0. The lowest BCUT2D eigenvalue weighted by Gasteiger charge is -2.25. The van der Waals surface area contributed by atoms with Gasteiger partial charge in [-0.15, -0.1) is 0 Å². The monoisotopic (exact) mass is 295 g/mol. The summed E-state index contributed by atoms with van der Waals surface area (Å²) in [6.45, 7) is -0.563. The Morgan fingerprint density at radius 3 is 2.81 bits per heavy atom. The molecule has 3 heterocycles. The van der Waals surface area contributed by atoms with Gasteiger partial charge in [-0.05, 0) is 0 Å². The van der Waals surface area contributed by atoms with Gasteiger partial charge in [0.2, 0.25) is 12.0 Å². The molecule has 4 atom stereocenters. The first-order valence-corrected chi connectivity index (χ1v) is 6.73. The average molecular weight is 295 g/mol. The number of rotatable bonds is 2. The van der Waals surface area contributed by atoms with Crippen molar-refractivity contribution in [1.82, 2.24) is 4.57 Å². The second-order valence-electron chi connectivity index (χ2n) is 5.42. The number of aryl methyl sites for hydroxylation is 2. The number of aromatic nitrogens is 2. The van der Waals surface area contributed by atoms with Crippen LogP contribution in [0, 0.1) is 0 Å². The second-order valence-corrected chi connectivity index (χ2v) is 5.42. The van der Waals surface area contributed by atoms with E-state index in [9.17, 15) is 15.3 Å². The van der Waals surface area contributed by atoms with Crippen molar-refractivity contribution in [3.05, 3.63) is 29.7 Å². The van der Waals surface area contributed by atoms with Gasteiger partial charge in [-0.1, -0.05) is 0 Å². The maximum Gasteiger partial charge on any atom is 0.247 e. The van der Waals surface area contributed by atoms with Crippen molar-refractivity contribution in [2.45, 2.75) is 24.6 Å². The van der Waals surface area contributed by atoms with Gasteiger partial charge >= 0.3 is 0 Å². The first-order valence-electron chi connectivity index (χ1n) is 6.73. The van der Waals surface area contributed by atoms with Gasteiger partial charge in [-0.2, -0.15) is 0 Å². The third-order valence-electron chi connectivity index (χ3n) is 4.07. The fourth-order valence-electron chi connectivity index (χ4n) is 2.98. The van der Waals surface area contributed by atoms with E-state index in [0.29, 0.717) is 16.6 Å². The fourth-order valence-corrected chi connectivity index (χ4v) is 2.98. The van der Waals surface area contributed by atoms with Crippen LogP contribution in [-0.2, 0) is 18.8 Å². The largest absolute Gasteiger partial charge is 0.394 e. The molecule has 7 heteroatoms. The quantitative estimate of drug-likeness (QED) is 0.521. The Kier molecular flexibility index (Phi) is 3.46. The lowest BCUT2D eigenvalue weighted by molar-refractivity contribution is -0.685. The Hall–Kier alpha value is -1.51. The highest BCUT2D eigenvalue weighted by atomic mass is 16.6. The molecule has 0 radical (unpaired) electrons. The highest BCUT2D eigenvalue weighted by Crippen LogP contribution is 2.38. The molecule has 0 aromatic carbocycles. The van der Waals surface area contributed by atoms with Crippen LogP contribution >= 0.6 is 0 Å². The molecule has 0 aliphatic carbocycles. The van der Waals surface area contributed by atoms with Crippen LogP contribution in [0.25, 0.3) is 10.9 Å². The molecule has 2 aromatic rings. The minimum atomic E-state index is -1.30. The minimum absolute atomic E-state index is 0.509. The number of pyridine rings is 1. The molecule has 1 aliphatic rings. The number of hydrogen-bond acceptors (Lipinski definition) is 5. The van der Waals surface area contributed by atoms with Crippen molar-refractivity contribution in [2.24, 2.45) is 14.1 Å². The molecule has 4 N–H and O–H groups in total. The maximum atomic E-state index is 10.5. The van der Waals surface area contributed by atoms with E-state index >= 15 is 0 Å². The van der Waals surface area contributed by atoms with Gasteiger partial charge in [0.15, 0.2) is 6.20 Å². The molecule has 0 fully saturated rings. The maximum absolute atomic E-state index is 10.5. The van der Waals surface area contributed by atoms with Gasteiger partial charge < -0.3 is 29.7 Å². The fraction of sp³-hybridized carbons (Fsp3) is 0.500. The Bertz CT molecular complexity index is 684. The van der Waals surface area contributed by atoms with Crippen LogP contribution in [0.4, 0.5) is 0 Å². The zero-order chi connectivity index (χ0) is 15.3. The molecule has 0 saturated heterocycles. The lowest BCUT2D eigenvalue weighted by Crippen LogP contribution is -2.39. The Morgan fingerprint density at radius 1 is 1.43 bits per heavy atom. The van der Waals surface area contributed by atoms with Gasteiger partial charge in [-0.3, -0.25) is 0 Å². The predicted octanol–water partition coefficient (Wildman–Crippen LogP) is -1.22. The summed E-state index contributed by atoms with van der Waals surface area (Å²) in [6, 6.07) is 1.88. The van der Waals surface area contributed by atoms with E-state index in [4.69, 9.17) is 9.84 Å². The summed E-state index contributed by atoms with van der Waals surface area (Å²) < 4.78 is 8.96. The van der Waals surface area contributed by atoms with E-state index in [2.05, 4.69) is 0 Å². The van der Waals surface area contributed by atoms with E-state index in [-0.39, 0.29) is 0 Å². The molecule has 2 aromatic heterocycles. The van der Waals surface area contributed by atoms with Gasteiger partial charge in [0.25, 0.3) is 0 Å². The van der Waals surface area contributed by atoms with Gasteiger partial charge in [0.1, 0.15) is 25.4 Å². The van der Waals surface area contributed by atoms with Crippen LogP contribution in [0.1, 0.15) is 23.7 Å². The van der Waals surface area contributed by atoms with E-state index in [1.165, 1.54) is 0 Å². The molecule has 7 nitrogen and oxygen atoms in total. The normalized spacial score (nSPS) is 26.9. The van der Waals surface area contributed by atoms with Crippen LogP contribution in [0.15, 0.2) is 18.5 Å². The highest BCUT2D eigenvalue weighted by Gasteiger charge is 2.40. The van der Waals surface area contributed by atoms with Crippen molar-refractivity contribution >= 4 is 10.9 Å². The molecule has 0 amide bonds. The van der Waals surface area contributed by atoms with Crippen LogP contribution in [0.2, 0.25) is 0 Å². The lowest BCUT2D eigenvalue weighted by atomic mass is 10.0. The molecule has 1 aliphatic heterocycles. The first-order chi connectivity index (χ1) is 9.95. The van der Waals surface area contributed by atoms with Crippen molar-refractivity contribution in [1.29, 1.82) is 0 Å². The molecule has 3 rings (SSSR count). The van der Waals surface area contributed by atoms with Crippen molar-refractivity contribution in [3.63, 3.8) is 0 Å². The second kappa shape index (κ2) is 5.04. The number of aliphatic hydroxyl groups excluding tert-OH is 4. The van der Waals surface area contributed by atoms with Crippen molar-refractivity contribution in [2.75, 3.05) is 6.61 Å². The van der Waals surface area contributed by atoms with Crippen LogP contribution in [0.5, 0.6) is 0 Å². The summed E-state index contributed by atoms with van der Waals surface area (Å²) in [5.41, 5.74) is 1.92. The third-order valence-corrected chi connectivity index (χ3v) is 4.07. The van der Waals surface area contributed by atoms with Crippen molar-refractivity contribution in [3.8, 4) is 0 Å². The Balaban J connectivity index is 2.27. The van der Waals surface area contributed by atoms with E-state index < -0.39 is 31.2 Å².